The van der Waals surface area contributed by atoms with Gasteiger partial charge in [-0.05, 0) is 17.2 Å². The summed E-state index contributed by atoms with van der Waals surface area (Å²) in [5.74, 6) is -0.305. The van der Waals surface area contributed by atoms with Crippen LogP contribution in [0.15, 0.2) is 48.5 Å². The fourth-order valence-electron chi connectivity index (χ4n) is 2.80. The van der Waals surface area contributed by atoms with Gasteiger partial charge in [0.2, 0.25) is 5.91 Å². The molecule has 0 radical (unpaired) electrons. The number of carbonyl (C=O) groups excluding carboxylic acids is 1. The topological polar surface area (TPSA) is 40.5 Å². The number of nitrogens with zero attached hydrogens (tertiary/aromatic N) is 1. The molecule has 3 nitrogen and oxygen atoms in total. The third kappa shape index (κ3) is 1.90. The minimum Gasteiger partial charge on any atom is -0.394 e. The number of halogens is 1. The van der Waals surface area contributed by atoms with Gasteiger partial charge in [0.25, 0.3) is 0 Å². The minimum atomic E-state index is -0.382. The van der Waals surface area contributed by atoms with E-state index >= 15 is 0 Å². The van der Waals surface area contributed by atoms with Crippen LogP contribution in [0.25, 0.3) is 11.1 Å². The van der Waals surface area contributed by atoms with Crippen LogP contribution >= 0.6 is 11.6 Å². The molecule has 20 heavy (non-hydrogen) atoms. The molecule has 0 bridgehead atoms. The first-order chi connectivity index (χ1) is 9.77. The summed E-state index contributed by atoms with van der Waals surface area (Å²) in [6.07, 6.45) is 0. The summed E-state index contributed by atoms with van der Waals surface area (Å²) in [7, 11) is 0. The van der Waals surface area contributed by atoms with Crippen LogP contribution in [0.3, 0.4) is 0 Å². The van der Waals surface area contributed by atoms with Crippen molar-refractivity contribution in [2.75, 3.05) is 17.4 Å². The number of carbonyl (C=O) groups is 1. The maximum Gasteiger partial charge on any atom is 0.242 e. The van der Waals surface area contributed by atoms with E-state index in [0.29, 0.717) is 0 Å². The van der Waals surface area contributed by atoms with Gasteiger partial charge in [-0.15, -0.1) is 11.6 Å². The molecule has 1 N–H and O–H groups in total. The summed E-state index contributed by atoms with van der Waals surface area (Å²) in [6.45, 7) is -0.131. The molecule has 4 heteroatoms. The number of hydrogen-bond acceptors (Lipinski definition) is 2. The summed E-state index contributed by atoms with van der Waals surface area (Å²) in [5.41, 5.74) is 3.80. The average Bonchev–Trinajstić information content (AvgIpc) is 2.52. The van der Waals surface area contributed by atoms with Gasteiger partial charge in [-0.2, -0.15) is 0 Å². The fraction of sp³-hybridized carbons (Fsp3) is 0.188. The Bertz CT molecular complexity index is 656. The lowest BCUT2D eigenvalue weighted by molar-refractivity contribution is -0.117. The van der Waals surface area contributed by atoms with Crippen LogP contribution in [0.5, 0.6) is 0 Å². The molecule has 0 spiro atoms. The number of amides is 1. The number of alkyl halides is 1. The van der Waals surface area contributed by atoms with Gasteiger partial charge in [0.05, 0.1) is 18.3 Å². The average molecular weight is 288 g/mol. The van der Waals surface area contributed by atoms with Crippen molar-refractivity contribution in [3.8, 4) is 11.1 Å². The molecule has 1 aliphatic rings. The van der Waals surface area contributed by atoms with E-state index in [1.807, 2.05) is 48.5 Å². The van der Waals surface area contributed by atoms with Crippen molar-refractivity contribution in [3.05, 3.63) is 54.1 Å². The summed E-state index contributed by atoms with van der Waals surface area (Å²) in [6, 6.07) is 15.2. The van der Waals surface area contributed by atoms with Crippen LogP contribution in [0, 0.1) is 0 Å². The van der Waals surface area contributed by atoms with Gasteiger partial charge in [-0.1, -0.05) is 42.5 Å². The molecule has 0 aromatic heterocycles. The molecular formula is C16H14ClNO2. The summed E-state index contributed by atoms with van der Waals surface area (Å²) < 4.78 is 0. The van der Waals surface area contributed by atoms with Crippen molar-refractivity contribution in [1.29, 1.82) is 0 Å². The Balaban J connectivity index is 2.27. The van der Waals surface area contributed by atoms with Gasteiger partial charge in [-0.25, -0.2) is 0 Å². The first-order valence-corrected chi connectivity index (χ1v) is 6.98. The lowest BCUT2D eigenvalue weighted by Gasteiger charge is -2.37. The molecule has 0 saturated heterocycles. The van der Waals surface area contributed by atoms with Gasteiger partial charge in [0.15, 0.2) is 0 Å². The lowest BCUT2D eigenvalue weighted by Crippen LogP contribution is -2.40. The van der Waals surface area contributed by atoms with Gasteiger partial charge in [-0.3, -0.25) is 4.79 Å². The Morgan fingerprint density at radius 2 is 1.75 bits per heavy atom. The molecule has 1 heterocycles. The largest absolute Gasteiger partial charge is 0.394 e. The number of hydrogen-bond donors (Lipinski definition) is 1. The lowest BCUT2D eigenvalue weighted by atomic mass is 9.88. The number of benzene rings is 2. The van der Waals surface area contributed by atoms with Crippen molar-refractivity contribution in [3.63, 3.8) is 0 Å². The van der Waals surface area contributed by atoms with Crippen LogP contribution in [0.1, 0.15) is 11.6 Å². The maximum atomic E-state index is 12.2. The van der Waals surface area contributed by atoms with Crippen LogP contribution in [-0.4, -0.2) is 23.5 Å². The molecule has 0 fully saturated rings. The fourth-order valence-corrected chi connectivity index (χ4v) is 2.93. The molecular weight excluding hydrogens is 274 g/mol. The van der Waals surface area contributed by atoms with Crippen LogP contribution in [-0.2, 0) is 4.79 Å². The van der Waals surface area contributed by atoms with Gasteiger partial charge in [0, 0.05) is 5.56 Å². The minimum absolute atomic E-state index is 0.104. The Morgan fingerprint density at radius 3 is 2.45 bits per heavy atom. The zero-order valence-electron chi connectivity index (χ0n) is 10.8. The van der Waals surface area contributed by atoms with Crippen LogP contribution < -0.4 is 4.90 Å². The van der Waals surface area contributed by atoms with E-state index in [9.17, 15) is 9.90 Å². The first-order valence-electron chi connectivity index (χ1n) is 6.45. The summed E-state index contributed by atoms with van der Waals surface area (Å²) in [5, 5.41) is 9.74. The number of rotatable bonds is 2. The van der Waals surface area contributed by atoms with E-state index < -0.39 is 0 Å². The van der Waals surface area contributed by atoms with E-state index in [1.165, 1.54) is 0 Å². The number of aliphatic hydroxyl groups is 1. The second-order valence-corrected chi connectivity index (χ2v) is 4.97. The molecule has 0 aliphatic carbocycles. The number of fused-ring (bicyclic) bond motifs is 3. The second-order valence-electron chi connectivity index (χ2n) is 4.70. The van der Waals surface area contributed by atoms with Crippen molar-refractivity contribution < 1.29 is 9.90 Å². The highest BCUT2D eigenvalue weighted by molar-refractivity contribution is 6.29. The third-order valence-corrected chi connectivity index (χ3v) is 3.87. The van der Waals surface area contributed by atoms with E-state index in [-0.39, 0.29) is 24.4 Å². The zero-order valence-corrected chi connectivity index (χ0v) is 11.5. The highest BCUT2D eigenvalue weighted by Crippen LogP contribution is 2.44. The van der Waals surface area contributed by atoms with Crippen LogP contribution in [0.4, 0.5) is 5.69 Å². The van der Waals surface area contributed by atoms with E-state index in [1.54, 1.807) is 4.90 Å². The van der Waals surface area contributed by atoms with E-state index in [2.05, 4.69) is 0 Å². The summed E-state index contributed by atoms with van der Waals surface area (Å²) >= 11 is 5.73. The van der Waals surface area contributed by atoms with Gasteiger partial charge < -0.3 is 10.0 Å². The standard InChI is InChI=1S/C16H14ClNO2/c17-9-16(20)18-14-8-4-3-6-12(14)11-5-1-2-7-13(11)15(18)10-19/h1-8,15,19H,9-10H2. The van der Waals surface area contributed by atoms with E-state index in [4.69, 9.17) is 11.6 Å². The molecule has 3 rings (SSSR count). The molecule has 2 aromatic carbocycles. The molecule has 0 saturated carbocycles. The van der Waals surface area contributed by atoms with E-state index in [0.717, 1.165) is 22.4 Å². The quantitative estimate of drug-likeness (QED) is 0.863. The molecule has 102 valence electrons. The Hall–Kier alpha value is -1.84. The van der Waals surface area contributed by atoms with Crippen molar-refractivity contribution in [1.82, 2.24) is 0 Å². The van der Waals surface area contributed by atoms with Crippen molar-refractivity contribution in [2.45, 2.75) is 6.04 Å². The predicted molar refractivity (Wildman–Crippen MR) is 79.9 cm³/mol. The predicted octanol–water partition coefficient (Wildman–Crippen LogP) is 2.97. The summed E-state index contributed by atoms with van der Waals surface area (Å²) in [4.78, 5) is 13.8. The number of para-hydroxylation sites is 1. The Labute approximate surface area is 122 Å². The maximum absolute atomic E-state index is 12.2. The SMILES string of the molecule is O=C(CCl)N1c2ccccc2-c2ccccc2C1CO. The van der Waals surface area contributed by atoms with Crippen LogP contribution in [0.2, 0.25) is 0 Å². The molecule has 1 amide bonds. The zero-order chi connectivity index (χ0) is 14.1. The first kappa shape index (κ1) is 13.2. The van der Waals surface area contributed by atoms with Crippen molar-refractivity contribution >= 4 is 23.2 Å². The Kier molecular flexibility index (Phi) is 3.47. The number of anilines is 1. The molecule has 2 aromatic rings. The molecule has 1 aliphatic heterocycles. The second kappa shape index (κ2) is 5.27. The third-order valence-electron chi connectivity index (χ3n) is 3.64. The smallest absolute Gasteiger partial charge is 0.242 e. The highest BCUT2D eigenvalue weighted by Gasteiger charge is 2.33. The van der Waals surface area contributed by atoms with Gasteiger partial charge in [0.1, 0.15) is 5.88 Å². The molecule has 1 atom stereocenters. The Morgan fingerprint density at radius 1 is 1.10 bits per heavy atom. The normalized spacial score (nSPS) is 16.5. The van der Waals surface area contributed by atoms with Gasteiger partial charge >= 0.3 is 0 Å². The van der Waals surface area contributed by atoms with Crippen molar-refractivity contribution in [2.24, 2.45) is 0 Å². The molecule has 1 unspecified atom stereocenters. The number of aliphatic hydroxyl groups excluding tert-OH is 1. The highest BCUT2D eigenvalue weighted by atomic mass is 35.5. The monoisotopic (exact) mass is 287 g/mol.